The van der Waals surface area contributed by atoms with Gasteiger partial charge in [0, 0.05) is 12.0 Å². The monoisotopic (exact) mass is 368 g/mol. The average molecular weight is 368 g/mol. The molecule has 1 saturated heterocycles. The van der Waals surface area contributed by atoms with Crippen molar-refractivity contribution >= 4 is 40.9 Å². The van der Waals surface area contributed by atoms with Crippen LogP contribution in [0.2, 0.25) is 0 Å². The predicted octanol–water partition coefficient (Wildman–Crippen LogP) is 1.02. The van der Waals surface area contributed by atoms with Crippen molar-refractivity contribution in [3.8, 4) is 0 Å². The molecule has 0 radical (unpaired) electrons. The zero-order valence-corrected chi connectivity index (χ0v) is 14.6. The van der Waals surface area contributed by atoms with Gasteiger partial charge < -0.3 is 20.1 Å². The number of hydrogen-bond acceptors (Lipinski definition) is 6. The van der Waals surface area contributed by atoms with Gasteiger partial charge >= 0.3 is 5.97 Å². The number of ether oxygens (including phenoxy) is 1. The average Bonchev–Trinajstić information content (AvgIpc) is 3.04. The lowest BCUT2D eigenvalue weighted by atomic mass is 9.95. The van der Waals surface area contributed by atoms with E-state index < -0.39 is 29.0 Å². The minimum Gasteiger partial charge on any atom is -0.479 e. The quantitative estimate of drug-likeness (QED) is 0.595. The van der Waals surface area contributed by atoms with Crippen LogP contribution in [0.1, 0.15) is 11.8 Å². The maximum Gasteiger partial charge on any atom is 0.330 e. The van der Waals surface area contributed by atoms with Crippen molar-refractivity contribution in [2.24, 2.45) is 0 Å². The SMILES string of the molecule is COC1(NC(=O)Cc2cccs2)C(=O)N2C(C(=O)O)C(C)=CS[C@H]21. The first-order valence-electron chi connectivity index (χ1n) is 7.17. The third-order valence-corrected chi connectivity index (χ3v) is 6.24. The van der Waals surface area contributed by atoms with Crippen LogP contribution in [0.3, 0.4) is 0 Å². The number of carboxylic acid groups (broad SMARTS) is 1. The van der Waals surface area contributed by atoms with Crippen molar-refractivity contribution in [1.82, 2.24) is 10.2 Å². The van der Waals surface area contributed by atoms with Gasteiger partial charge in [-0.3, -0.25) is 9.59 Å². The fourth-order valence-electron chi connectivity index (χ4n) is 2.89. The molecule has 0 bridgehead atoms. The Morgan fingerprint density at radius 2 is 2.25 bits per heavy atom. The molecule has 24 heavy (non-hydrogen) atoms. The number of nitrogens with zero attached hydrogens (tertiary/aromatic N) is 1. The molecule has 2 aliphatic rings. The molecule has 0 saturated carbocycles. The van der Waals surface area contributed by atoms with Gasteiger partial charge in [-0.25, -0.2) is 4.79 Å². The van der Waals surface area contributed by atoms with E-state index >= 15 is 0 Å². The number of β-lactam (4-membered cyclic amide) rings is 1. The predicted molar refractivity (Wildman–Crippen MR) is 89.3 cm³/mol. The highest BCUT2D eigenvalue weighted by atomic mass is 32.2. The Hall–Kier alpha value is -1.84. The smallest absolute Gasteiger partial charge is 0.330 e. The van der Waals surface area contributed by atoms with E-state index in [0.29, 0.717) is 5.57 Å². The van der Waals surface area contributed by atoms with Crippen LogP contribution in [0.4, 0.5) is 0 Å². The molecule has 0 spiro atoms. The van der Waals surface area contributed by atoms with E-state index in [4.69, 9.17) is 4.74 Å². The number of methoxy groups -OCH3 is 1. The van der Waals surface area contributed by atoms with E-state index in [0.717, 1.165) is 4.88 Å². The molecule has 0 aliphatic carbocycles. The molecule has 3 heterocycles. The zero-order valence-electron chi connectivity index (χ0n) is 13.0. The van der Waals surface area contributed by atoms with Crippen molar-refractivity contribution in [1.29, 1.82) is 0 Å². The first-order valence-corrected chi connectivity index (χ1v) is 8.99. The summed E-state index contributed by atoms with van der Waals surface area (Å²) in [5.41, 5.74) is -0.948. The summed E-state index contributed by atoms with van der Waals surface area (Å²) in [6, 6.07) is 2.65. The number of carbonyl (C=O) groups excluding carboxylic acids is 2. The lowest BCUT2D eigenvalue weighted by Gasteiger charge is -2.57. The molecule has 2 unspecified atom stereocenters. The van der Waals surface area contributed by atoms with Gasteiger partial charge in [0.1, 0.15) is 5.37 Å². The summed E-state index contributed by atoms with van der Waals surface area (Å²) >= 11 is 2.72. The summed E-state index contributed by atoms with van der Waals surface area (Å²) in [5.74, 6) is -1.98. The Labute approximate surface area is 146 Å². The van der Waals surface area contributed by atoms with Crippen LogP contribution in [0.5, 0.6) is 0 Å². The molecule has 128 valence electrons. The van der Waals surface area contributed by atoms with E-state index in [9.17, 15) is 19.5 Å². The van der Waals surface area contributed by atoms with Crippen LogP contribution in [0.15, 0.2) is 28.5 Å². The Morgan fingerprint density at radius 1 is 1.50 bits per heavy atom. The van der Waals surface area contributed by atoms with Crippen LogP contribution in [-0.4, -0.2) is 52.0 Å². The fourth-order valence-corrected chi connectivity index (χ4v) is 4.87. The molecule has 2 aliphatic heterocycles. The van der Waals surface area contributed by atoms with Crippen LogP contribution in [0.25, 0.3) is 0 Å². The lowest BCUT2D eigenvalue weighted by Crippen LogP contribution is -2.82. The van der Waals surface area contributed by atoms with Crippen LogP contribution in [0, 0.1) is 0 Å². The molecular weight excluding hydrogens is 352 g/mol. The highest BCUT2D eigenvalue weighted by Gasteiger charge is 2.67. The Morgan fingerprint density at radius 3 is 2.83 bits per heavy atom. The molecule has 1 fully saturated rings. The number of hydrogen-bond donors (Lipinski definition) is 2. The van der Waals surface area contributed by atoms with Crippen molar-refractivity contribution in [2.75, 3.05) is 7.11 Å². The van der Waals surface area contributed by atoms with E-state index in [1.807, 2.05) is 17.5 Å². The molecule has 2 amide bonds. The number of nitrogens with one attached hydrogen (secondary N) is 1. The maximum absolute atomic E-state index is 12.6. The number of thioether (sulfide) groups is 1. The fraction of sp³-hybridized carbons (Fsp3) is 0.400. The number of thiophene rings is 1. The molecule has 9 heteroatoms. The number of aliphatic carboxylic acids is 1. The third-order valence-electron chi connectivity index (χ3n) is 4.04. The maximum atomic E-state index is 12.6. The molecule has 3 rings (SSSR count). The molecule has 7 nitrogen and oxygen atoms in total. The van der Waals surface area contributed by atoms with Crippen LogP contribution >= 0.6 is 23.1 Å². The van der Waals surface area contributed by atoms with E-state index in [1.54, 1.807) is 12.3 Å². The van der Waals surface area contributed by atoms with Crippen molar-refractivity contribution in [3.63, 3.8) is 0 Å². The zero-order chi connectivity index (χ0) is 17.5. The summed E-state index contributed by atoms with van der Waals surface area (Å²) in [7, 11) is 1.34. The van der Waals surface area contributed by atoms with Crippen LogP contribution < -0.4 is 5.32 Å². The second-order valence-corrected chi connectivity index (χ2v) is 7.53. The first kappa shape index (κ1) is 17.0. The summed E-state index contributed by atoms with van der Waals surface area (Å²) in [6.45, 7) is 1.66. The number of amides is 2. The van der Waals surface area contributed by atoms with Gasteiger partial charge in [-0.15, -0.1) is 23.1 Å². The topological polar surface area (TPSA) is 95.9 Å². The van der Waals surface area contributed by atoms with E-state index in [1.165, 1.54) is 35.1 Å². The Balaban J connectivity index is 1.80. The molecule has 1 aromatic rings. The third kappa shape index (κ3) is 2.52. The normalized spacial score (nSPS) is 28.7. The Kier molecular flexibility index (Phi) is 4.41. The second-order valence-electron chi connectivity index (χ2n) is 5.55. The standard InChI is InChI=1S/C15H16N2O5S2/c1-8-7-24-14-15(22-2,13(21)17(14)11(8)12(19)20)16-10(18)6-9-4-3-5-23-9/h3-5,7,11,14H,6H2,1-2H3,(H,16,18)(H,19,20)/t11?,14-,15?/m0/s1. The molecule has 1 aromatic heterocycles. The lowest BCUT2D eigenvalue weighted by molar-refractivity contribution is -0.201. The van der Waals surface area contributed by atoms with Gasteiger partial charge in [-0.05, 0) is 29.4 Å². The molecule has 0 aromatic carbocycles. The van der Waals surface area contributed by atoms with E-state index in [-0.39, 0.29) is 12.3 Å². The van der Waals surface area contributed by atoms with Crippen molar-refractivity contribution < 1.29 is 24.2 Å². The van der Waals surface area contributed by atoms with Gasteiger partial charge in [-0.1, -0.05) is 6.07 Å². The Bertz CT molecular complexity index is 717. The summed E-state index contributed by atoms with van der Waals surface area (Å²) in [4.78, 5) is 38.5. The second kappa shape index (κ2) is 6.23. The number of carbonyl (C=O) groups is 3. The highest BCUT2D eigenvalue weighted by Crippen LogP contribution is 2.46. The van der Waals surface area contributed by atoms with Crippen molar-refractivity contribution in [2.45, 2.75) is 30.5 Å². The summed E-state index contributed by atoms with van der Waals surface area (Å²) in [6.07, 6.45) is 0.144. The molecular formula is C15H16N2O5S2. The first-order chi connectivity index (χ1) is 11.4. The number of rotatable bonds is 5. The van der Waals surface area contributed by atoms with Gasteiger partial charge in [0.05, 0.1) is 6.42 Å². The van der Waals surface area contributed by atoms with E-state index in [2.05, 4.69) is 5.32 Å². The van der Waals surface area contributed by atoms with Gasteiger partial charge in [0.15, 0.2) is 6.04 Å². The van der Waals surface area contributed by atoms with Gasteiger partial charge in [0.25, 0.3) is 11.6 Å². The highest BCUT2D eigenvalue weighted by molar-refractivity contribution is 8.03. The molecule has 3 atom stereocenters. The summed E-state index contributed by atoms with van der Waals surface area (Å²) < 4.78 is 5.35. The minimum absolute atomic E-state index is 0.144. The van der Waals surface area contributed by atoms with Crippen molar-refractivity contribution in [3.05, 3.63) is 33.4 Å². The van der Waals surface area contributed by atoms with Crippen LogP contribution in [-0.2, 0) is 25.5 Å². The number of carboxylic acids is 1. The van der Waals surface area contributed by atoms with Gasteiger partial charge in [0.2, 0.25) is 5.91 Å². The number of fused-ring (bicyclic) bond motifs is 1. The summed E-state index contributed by atoms with van der Waals surface area (Å²) in [5, 5.41) is 15.0. The largest absolute Gasteiger partial charge is 0.479 e. The minimum atomic E-state index is -1.52. The molecule has 2 N–H and O–H groups in total. The van der Waals surface area contributed by atoms with Gasteiger partial charge in [-0.2, -0.15) is 0 Å².